The fourth-order valence-electron chi connectivity index (χ4n) is 2.85. The van der Waals surface area contributed by atoms with E-state index in [1.807, 2.05) is 22.1 Å². The number of thiophene rings is 1. The Kier molecular flexibility index (Phi) is 4.86. The summed E-state index contributed by atoms with van der Waals surface area (Å²) in [5.74, 6) is 0.101. The predicted molar refractivity (Wildman–Crippen MR) is 91.9 cm³/mol. The molecule has 0 saturated heterocycles. The summed E-state index contributed by atoms with van der Waals surface area (Å²) in [6, 6.07) is 6.34. The lowest BCUT2D eigenvalue weighted by Gasteiger charge is -2.33. The van der Waals surface area contributed by atoms with Gasteiger partial charge in [-0.25, -0.2) is 13.1 Å². The van der Waals surface area contributed by atoms with Gasteiger partial charge in [0.25, 0.3) is 0 Å². The topological polar surface area (TPSA) is 67.2 Å². The second-order valence-electron chi connectivity index (χ2n) is 5.85. The van der Waals surface area contributed by atoms with Gasteiger partial charge in [-0.15, -0.1) is 11.3 Å². The van der Waals surface area contributed by atoms with E-state index in [1.165, 1.54) is 9.75 Å². The first kappa shape index (κ1) is 16.6. The number of aromatic nitrogens is 2. The summed E-state index contributed by atoms with van der Waals surface area (Å²) in [5.41, 5.74) is 1.13. The van der Waals surface area contributed by atoms with Gasteiger partial charge in [0.1, 0.15) is 0 Å². The van der Waals surface area contributed by atoms with Gasteiger partial charge in [0.15, 0.2) is 0 Å². The lowest BCUT2D eigenvalue weighted by molar-refractivity contribution is 0.169. The maximum Gasteiger partial charge on any atom is 0.211 e. The predicted octanol–water partition coefficient (Wildman–Crippen LogP) is 1.75. The number of hydrogen-bond acceptors (Lipinski definition) is 5. The van der Waals surface area contributed by atoms with Crippen LogP contribution in [0.15, 0.2) is 24.4 Å². The van der Waals surface area contributed by atoms with Gasteiger partial charge in [0.2, 0.25) is 10.0 Å². The third kappa shape index (κ3) is 4.00. The number of aryl methyl sites for hydroxylation is 1. The van der Waals surface area contributed by atoms with E-state index < -0.39 is 10.0 Å². The minimum atomic E-state index is -3.19. The highest BCUT2D eigenvalue weighted by atomic mass is 32.2. The average Bonchev–Trinajstić information content (AvgIpc) is 3.14. The molecule has 0 aliphatic carbocycles. The van der Waals surface area contributed by atoms with Gasteiger partial charge in [-0.3, -0.25) is 9.58 Å². The molecule has 1 N–H and O–H groups in total. The van der Waals surface area contributed by atoms with Gasteiger partial charge in [-0.1, -0.05) is 0 Å². The Hall–Kier alpha value is -1.22. The quantitative estimate of drug-likeness (QED) is 0.858. The molecule has 0 amide bonds. The van der Waals surface area contributed by atoms with E-state index in [9.17, 15) is 8.42 Å². The maximum absolute atomic E-state index is 11.7. The van der Waals surface area contributed by atoms with Gasteiger partial charge < -0.3 is 0 Å². The van der Waals surface area contributed by atoms with Crippen LogP contribution in [-0.2, 0) is 23.1 Å². The van der Waals surface area contributed by atoms with Crippen LogP contribution in [-0.4, -0.2) is 41.9 Å². The summed E-state index contributed by atoms with van der Waals surface area (Å²) in [6.45, 7) is 6.66. The van der Waals surface area contributed by atoms with E-state index in [2.05, 4.69) is 33.8 Å². The Bertz CT molecular complexity index is 766. The molecule has 23 heavy (non-hydrogen) atoms. The van der Waals surface area contributed by atoms with E-state index in [4.69, 9.17) is 0 Å². The van der Waals surface area contributed by atoms with Crippen LogP contribution in [0.3, 0.4) is 0 Å². The Morgan fingerprint density at radius 3 is 2.91 bits per heavy atom. The number of fused-ring (bicyclic) bond motifs is 1. The first-order chi connectivity index (χ1) is 11.0. The molecule has 0 bridgehead atoms. The maximum atomic E-state index is 11.7. The molecular weight excluding hydrogens is 332 g/mol. The molecule has 0 radical (unpaired) electrons. The third-order valence-electron chi connectivity index (χ3n) is 4.05. The molecule has 126 valence electrons. The highest BCUT2D eigenvalue weighted by Crippen LogP contribution is 2.24. The van der Waals surface area contributed by atoms with Gasteiger partial charge in [0.05, 0.1) is 17.5 Å². The normalized spacial score (nSPS) is 19.0. The van der Waals surface area contributed by atoms with Crippen molar-refractivity contribution >= 4 is 21.4 Å². The number of nitrogens with zero attached hydrogens (tertiary/aromatic N) is 3. The van der Waals surface area contributed by atoms with Crippen LogP contribution in [0.5, 0.6) is 0 Å². The Labute approximate surface area is 141 Å². The highest BCUT2D eigenvalue weighted by Gasteiger charge is 2.26. The largest absolute Gasteiger partial charge is 0.290 e. The van der Waals surface area contributed by atoms with Gasteiger partial charge >= 0.3 is 0 Å². The molecule has 0 spiro atoms. The van der Waals surface area contributed by atoms with Crippen molar-refractivity contribution < 1.29 is 8.42 Å². The van der Waals surface area contributed by atoms with E-state index in [0.29, 0.717) is 6.54 Å². The van der Waals surface area contributed by atoms with E-state index in [0.717, 1.165) is 25.3 Å². The molecular formula is C15H22N4O2S2. The SMILES string of the molecule is CCS(=O)(=O)NC[C@@H]1CN(Cc2ccc(C)s2)Cc2ccnn21. The van der Waals surface area contributed by atoms with Gasteiger partial charge in [-0.05, 0) is 32.0 Å². The van der Waals surface area contributed by atoms with E-state index in [-0.39, 0.29) is 11.8 Å². The van der Waals surface area contributed by atoms with Crippen LogP contribution in [0.1, 0.15) is 28.4 Å². The second kappa shape index (κ2) is 6.72. The van der Waals surface area contributed by atoms with Crippen molar-refractivity contribution in [2.24, 2.45) is 0 Å². The summed E-state index contributed by atoms with van der Waals surface area (Å²) in [4.78, 5) is 5.00. The molecule has 0 fully saturated rings. The van der Waals surface area contributed by atoms with Crippen molar-refractivity contribution in [3.63, 3.8) is 0 Å². The Morgan fingerprint density at radius 2 is 2.22 bits per heavy atom. The molecule has 1 atom stereocenters. The number of sulfonamides is 1. The zero-order valence-corrected chi connectivity index (χ0v) is 15.0. The third-order valence-corrected chi connectivity index (χ3v) is 6.40. The molecule has 0 unspecified atom stereocenters. The minimum absolute atomic E-state index is 0.0242. The molecule has 2 aromatic heterocycles. The summed E-state index contributed by atoms with van der Waals surface area (Å²) >= 11 is 1.81. The van der Waals surface area contributed by atoms with Crippen molar-refractivity contribution in [2.75, 3.05) is 18.8 Å². The van der Waals surface area contributed by atoms with Gasteiger partial charge in [-0.2, -0.15) is 5.10 Å². The smallest absolute Gasteiger partial charge is 0.211 e. The zero-order valence-electron chi connectivity index (χ0n) is 13.4. The molecule has 2 aromatic rings. The molecule has 1 aliphatic heterocycles. The molecule has 3 rings (SSSR count). The zero-order chi connectivity index (χ0) is 16.4. The summed E-state index contributed by atoms with van der Waals surface area (Å²) in [5, 5.41) is 4.37. The number of hydrogen-bond donors (Lipinski definition) is 1. The Morgan fingerprint density at radius 1 is 1.39 bits per heavy atom. The first-order valence-electron chi connectivity index (χ1n) is 7.74. The highest BCUT2D eigenvalue weighted by molar-refractivity contribution is 7.89. The summed E-state index contributed by atoms with van der Waals surface area (Å²) in [6.07, 6.45) is 1.79. The number of rotatable bonds is 6. The fourth-order valence-corrected chi connectivity index (χ4v) is 4.44. The van der Waals surface area contributed by atoms with Crippen LogP contribution < -0.4 is 4.72 Å². The van der Waals surface area contributed by atoms with Crippen LogP contribution >= 0.6 is 11.3 Å². The van der Waals surface area contributed by atoms with Crippen LogP contribution in [0.2, 0.25) is 0 Å². The fraction of sp³-hybridized carbons (Fsp3) is 0.533. The molecule has 6 nitrogen and oxygen atoms in total. The lowest BCUT2D eigenvalue weighted by atomic mass is 10.2. The molecule has 0 aromatic carbocycles. The van der Waals surface area contributed by atoms with Crippen molar-refractivity contribution in [1.29, 1.82) is 0 Å². The van der Waals surface area contributed by atoms with Crippen LogP contribution in [0, 0.1) is 6.92 Å². The average molecular weight is 355 g/mol. The second-order valence-corrected chi connectivity index (χ2v) is 9.32. The van der Waals surface area contributed by atoms with Crippen LogP contribution in [0.25, 0.3) is 0 Å². The van der Waals surface area contributed by atoms with Crippen molar-refractivity contribution in [3.05, 3.63) is 39.8 Å². The van der Waals surface area contributed by atoms with Crippen molar-refractivity contribution in [1.82, 2.24) is 19.4 Å². The first-order valence-corrected chi connectivity index (χ1v) is 10.2. The molecule has 3 heterocycles. The summed E-state index contributed by atoms with van der Waals surface area (Å²) in [7, 11) is -3.19. The summed E-state index contributed by atoms with van der Waals surface area (Å²) < 4.78 is 28.1. The molecule has 8 heteroatoms. The molecule has 1 aliphatic rings. The van der Waals surface area contributed by atoms with Crippen LogP contribution in [0.4, 0.5) is 0 Å². The van der Waals surface area contributed by atoms with E-state index in [1.54, 1.807) is 13.1 Å². The van der Waals surface area contributed by atoms with Crippen molar-refractivity contribution in [3.8, 4) is 0 Å². The van der Waals surface area contributed by atoms with E-state index >= 15 is 0 Å². The monoisotopic (exact) mass is 354 g/mol. The van der Waals surface area contributed by atoms with Gasteiger partial charge in [0, 0.05) is 42.1 Å². The Balaban J connectivity index is 1.72. The van der Waals surface area contributed by atoms with Crippen molar-refractivity contribution in [2.45, 2.75) is 33.0 Å². The lowest BCUT2D eigenvalue weighted by Crippen LogP contribution is -2.42. The number of nitrogens with one attached hydrogen (secondary N) is 1. The molecule has 0 saturated carbocycles. The minimum Gasteiger partial charge on any atom is -0.290 e. The standard InChI is InChI=1S/C15H22N4O2S2/c1-3-23(20,21)17-8-14-10-18(9-13-6-7-16-19(13)14)11-15-5-4-12(2)22-15/h4-7,14,17H,3,8-11H2,1-2H3/t14-/m1/s1.